The van der Waals surface area contributed by atoms with E-state index in [0.717, 1.165) is 12.0 Å². The molecule has 0 aliphatic carbocycles. The smallest absolute Gasteiger partial charge is 0.240 e. The highest BCUT2D eigenvalue weighted by molar-refractivity contribution is 7.89. The summed E-state index contributed by atoms with van der Waals surface area (Å²) in [6.07, 6.45) is 0.916. The van der Waals surface area contributed by atoms with E-state index in [9.17, 15) is 8.42 Å². The molecule has 1 saturated heterocycles. The fraction of sp³-hybridized carbons (Fsp3) is 0.647. The number of sulfonamides is 1. The Morgan fingerprint density at radius 2 is 1.91 bits per heavy atom. The van der Waals surface area contributed by atoms with Crippen LogP contribution in [0.1, 0.15) is 52.6 Å². The number of hydrogen-bond acceptors (Lipinski definition) is 4. The summed E-state index contributed by atoms with van der Waals surface area (Å²) in [5.74, 6) is 0. The van der Waals surface area contributed by atoms with Crippen molar-refractivity contribution in [3.05, 3.63) is 29.8 Å². The minimum absolute atomic E-state index is 0.0313. The van der Waals surface area contributed by atoms with Crippen molar-refractivity contribution in [3.8, 4) is 0 Å². The summed E-state index contributed by atoms with van der Waals surface area (Å²) in [4.78, 5) is 0.286. The number of nitrogens with one attached hydrogen (secondary N) is 2. The van der Waals surface area contributed by atoms with E-state index >= 15 is 0 Å². The van der Waals surface area contributed by atoms with Gasteiger partial charge in [-0.25, -0.2) is 13.1 Å². The Kier molecular flexibility index (Phi) is 4.93. The first-order valence-electron chi connectivity index (χ1n) is 7.97. The predicted molar refractivity (Wildman–Crippen MR) is 91.9 cm³/mol. The van der Waals surface area contributed by atoms with Crippen LogP contribution in [0.3, 0.4) is 0 Å². The molecule has 0 bridgehead atoms. The second-order valence-electron chi connectivity index (χ2n) is 7.39. The Bertz CT molecular complexity index is 668. The second kappa shape index (κ2) is 6.16. The molecule has 1 aliphatic heterocycles. The van der Waals surface area contributed by atoms with E-state index in [1.165, 1.54) is 7.05 Å². The van der Waals surface area contributed by atoms with Gasteiger partial charge < -0.3 is 10.1 Å². The van der Waals surface area contributed by atoms with Crippen LogP contribution in [0.4, 0.5) is 0 Å². The van der Waals surface area contributed by atoms with Crippen molar-refractivity contribution in [2.45, 2.75) is 69.2 Å². The highest BCUT2D eigenvalue weighted by atomic mass is 32.2. The molecule has 2 rings (SSSR count). The Morgan fingerprint density at radius 3 is 2.43 bits per heavy atom. The maximum absolute atomic E-state index is 12.0. The van der Waals surface area contributed by atoms with Crippen LogP contribution in [0.2, 0.25) is 0 Å². The Hall–Kier alpha value is -0.950. The summed E-state index contributed by atoms with van der Waals surface area (Å²) in [6.45, 7) is 10.4. The molecule has 0 radical (unpaired) electrons. The van der Waals surface area contributed by atoms with Gasteiger partial charge in [-0.2, -0.15) is 0 Å². The van der Waals surface area contributed by atoms with Gasteiger partial charge in [0.25, 0.3) is 0 Å². The summed E-state index contributed by atoms with van der Waals surface area (Å²) >= 11 is 0. The molecule has 1 heterocycles. The van der Waals surface area contributed by atoms with E-state index in [-0.39, 0.29) is 28.2 Å². The van der Waals surface area contributed by atoms with Crippen molar-refractivity contribution in [2.75, 3.05) is 7.05 Å². The van der Waals surface area contributed by atoms with Gasteiger partial charge in [0, 0.05) is 12.1 Å². The van der Waals surface area contributed by atoms with Crippen LogP contribution in [0.25, 0.3) is 0 Å². The van der Waals surface area contributed by atoms with Crippen LogP contribution in [0.15, 0.2) is 29.2 Å². The minimum Gasteiger partial charge on any atom is -0.368 e. The third-order valence-corrected chi connectivity index (χ3v) is 5.87. The van der Waals surface area contributed by atoms with E-state index in [1.807, 2.05) is 13.0 Å². The molecular weight excluding hydrogens is 312 g/mol. The lowest BCUT2D eigenvalue weighted by Gasteiger charge is -2.30. The van der Waals surface area contributed by atoms with Crippen LogP contribution in [-0.2, 0) is 14.8 Å². The molecule has 0 spiro atoms. The third-order valence-electron chi connectivity index (χ3n) is 4.46. The lowest BCUT2D eigenvalue weighted by molar-refractivity contribution is -0.0703. The van der Waals surface area contributed by atoms with Gasteiger partial charge in [-0.1, -0.05) is 12.1 Å². The van der Waals surface area contributed by atoms with Crippen LogP contribution in [-0.4, -0.2) is 32.7 Å². The van der Waals surface area contributed by atoms with Gasteiger partial charge in [0.2, 0.25) is 10.0 Å². The fourth-order valence-corrected chi connectivity index (χ4v) is 4.07. The number of benzene rings is 1. The molecular formula is C17H28N2O3S. The molecule has 0 saturated carbocycles. The average Bonchev–Trinajstić information content (AvgIpc) is 2.66. The topological polar surface area (TPSA) is 67.4 Å². The van der Waals surface area contributed by atoms with Gasteiger partial charge in [-0.3, -0.25) is 0 Å². The van der Waals surface area contributed by atoms with Crippen LogP contribution >= 0.6 is 0 Å². The second-order valence-corrected chi connectivity index (χ2v) is 9.28. The van der Waals surface area contributed by atoms with Gasteiger partial charge in [0.15, 0.2) is 0 Å². The first-order valence-corrected chi connectivity index (χ1v) is 9.45. The van der Waals surface area contributed by atoms with Gasteiger partial charge in [0.1, 0.15) is 0 Å². The molecule has 1 aromatic rings. The van der Waals surface area contributed by atoms with Crippen LogP contribution < -0.4 is 10.0 Å². The van der Waals surface area contributed by atoms with E-state index in [4.69, 9.17) is 4.74 Å². The number of ether oxygens (including phenoxy) is 1. The Labute approximate surface area is 139 Å². The minimum atomic E-state index is -3.43. The van der Waals surface area contributed by atoms with Crippen LogP contribution in [0, 0.1) is 0 Å². The zero-order chi connectivity index (χ0) is 17.5. The van der Waals surface area contributed by atoms with Gasteiger partial charge in [0.05, 0.1) is 16.1 Å². The van der Waals surface area contributed by atoms with Crippen molar-refractivity contribution < 1.29 is 13.2 Å². The molecule has 0 unspecified atom stereocenters. The highest BCUT2D eigenvalue weighted by Gasteiger charge is 2.46. The van der Waals surface area contributed by atoms with E-state index in [0.29, 0.717) is 0 Å². The highest BCUT2D eigenvalue weighted by Crippen LogP contribution is 2.38. The molecule has 5 nitrogen and oxygen atoms in total. The zero-order valence-electron chi connectivity index (χ0n) is 14.8. The Balaban J connectivity index is 2.19. The normalized spacial score (nSPS) is 24.5. The molecule has 0 aromatic heterocycles. The summed E-state index contributed by atoms with van der Waals surface area (Å²) < 4.78 is 32.4. The summed E-state index contributed by atoms with van der Waals surface area (Å²) in [5.41, 5.74) is 0.534. The molecule has 6 heteroatoms. The average molecular weight is 340 g/mol. The van der Waals surface area contributed by atoms with Crippen molar-refractivity contribution in [1.82, 2.24) is 10.0 Å². The monoisotopic (exact) mass is 340 g/mol. The molecule has 23 heavy (non-hydrogen) atoms. The summed E-state index contributed by atoms with van der Waals surface area (Å²) in [5, 5.41) is 3.60. The van der Waals surface area contributed by atoms with Gasteiger partial charge in [-0.05, 0) is 65.8 Å². The van der Waals surface area contributed by atoms with Crippen molar-refractivity contribution in [1.29, 1.82) is 0 Å². The number of hydrogen-bond donors (Lipinski definition) is 2. The molecule has 2 atom stereocenters. The molecule has 1 aliphatic rings. The van der Waals surface area contributed by atoms with Crippen molar-refractivity contribution >= 4 is 10.0 Å². The first kappa shape index (κ1) is 18.4. The molecule has 1 aromatic carbocycles. The quantitative estimate of drug-likeness (QED) is 0.864. The lowest BCUT2D eigenvalue weighted by Crippen LogP contribution is -2.44. The summed E-state index contributed by atoms with van der Waals surface area (Å²) in [6, 6.07) is 7.28. The van der Waals surface area contributed by atoms with E-state index in [2.05, 4.69) is 37.7 Å². The third kappa shape index (κ3) is 4.12. The molecule has 1 fully saturated rings. The van der Waals surface area contributed by atoms with Crippen molar-refractivity contribution in [2.24, 2.45) is 0 Å². The Morgan fingerprint density at radius 1 is 1.26 bits per heavy atom. The maximum Gasteiger partial charge on any atom is 0.240 e. The molecule has 0 amide bonds. The largest absolute Gasteiger partial charge is 0.368 e. The lowest BCUT2D eigenvalue weighted by atomic mass is 9.93. The van der Waals surface area contributed by atoms with Gasteiger partial charge in [-0.15, -0.1) is 0 Å². The van der Waals surface area contributed by atoms with Crippen LogP contribution in [0.5, 0.6) is 0 Å². The van der Waals surface area contributed by atoms with Gasteiger partial charge >= 0.3 is 0 Å². The molecule has 2 N–H and O–H groups in total. The molecule has 130 valence electrons. The fourth-order valence-electron chi connectivity index (χ4n) is 3.29. The summed E-state index contributed by atoms with van der Waals surface area (Å²) in [7, 11) is -2.00. The number of rotatable bonds is 5. The SMILES string of the molecule is CNS(=O)(=O)c1cccc([C@@H](C)N[C@@H]2CC(C)(C)OC2(C)C)c1. The van der Waals surface area contributed by atoms with E-state index in [1.54, 1.807) is 18.2 Å². The zero-order valence-corrected chi connectivity index (χ0v) is 15.6. The van der Waals surface area contributed by atoms with Crippen molar-refractivity contribution in [3.63, 3.8) is 0 Å². The van der Waals surface area contributed by atoms with E-state index < -0.39 is 10.0 Å². The maximum atomic E-state index is 12.0. The standard InChI is InChI=1S/C17H28N2O3S/c1-12(19-15-11-16(2,3)22-17(15,4)5)13-8-7-9-14(10-13)23(20,21)18-6/h7-10,12,15,18-19H,11H2,1-6H3/t12-,15-/m1/s1. The first-order chi connectivity index (χ1) is 10.5. The predicted octanol–water partition coefficient (Wildman–Crippen LogP) is 2.59.